The van der Waals surface area contributed by atoms with Crippen LogP contribution in [0.3, 0.4) is 0 Å². The molecule has 0 radical (unpaired) electrons. The lowest BCUT2D eigenvalue weighted by molar-refractivity contribution is -0.123. The standard InChI is InChI=1S/C19H16INO4S/c1-24-15-5-3-4-13(17(15)25-2)10-16-18(22)21(19(23)26-16)11-12-6-8-14(20)9-7-12/h3-10H,11H2,1-2H3/b16-10+. The van der Waals surface area contributed by atoms with Gasteiger partial charge >= 0.3 is 0 Å². The molecule has 1 fully saturated rings. The molecule has 0 bridgehead atoms. The third-order valence-corrected chi connectivity index (χ3v) is 5.47. The molecule has 0 atom stereocenters. The zero-order valence-electron chi connectivity index (χ0n) is 14.2. The van der Waals surface area contributed by atoms with E-state index in [1.807, 2.05) is 36.4 Å². The van der Waals surface area contributed by atoms with E-state index in [0.717, 1.165) is 20.9 Å². The van der Waals surface area contributed by atoms with Gasteiger partial charge in [-0.3, -0.25) is 14.5 Å². The van der Waals surface area contributed by atoms with E-state index in [-0.39, 0.29) is 17.7 Å². The molecular weight excluding hydrogens is 465 g/mol. The molecule has 26 heavy (non-hydrogen) atoms. The van der Waals surface area contributed by atoms with Crippen molar-refractivity contribution < 1.29 is 19.1 Å². The number of rotatable bonds is 5. The van der Waals surface area contributed by atoms with Crippen LogP contribution in [-0.2, 0) is 11.3 Å². The molecule has 2 amide bonds. The number of nitrogens with zero attached hydrogens (tertiary/aromatic N) is 1. The molecule has 2 aromatic carbocycles. The number of imide groups is 1. The molecule has 0 spiro atoms. The minimum absolute atomic E-state index is 0.258. The first-order valence-corrected chi connectivity index (χ1v) is 9.64. The van der Waals surface area contributed by atoms with E-state index in [1.54, 1.807) is 19.3 Å². The summed E-state index contributed by atoms with van der Waals surface area (Å²) in [6.45, 7) is 0.258. The number of halogens is 1. The second-order valence-electron chi connectivity index (χ2n) is 5.48. The first-order chi connectivity index (χ1) is 12.5. The highest BCUT2D eigenvalue weighted by atomic mass is 127. The van der Waals surface area contributed by atoms with Gasteiger partial charge in [-0.2, -0.15) is 0 Å². The van der Waals surface area contributed by atoms with Crippen LogP contribution in [0.1, 0.15) is 11.1 Å². The van der Waals surface area contributed by atoms with Gasteiger partial charge < -0.3 is 9.47 Å². The number of carbonyl (C=O) groups excluding carboxylic acids is 2. The Balaban J connectivity index is 1.87. The minimum Gasteiger partial charge on any atom is -0.493 e. The summed E-state index contributed by atoms with van der Waals surface area (Å²) >= 11 is 3.15. The van der Waals surface area contributed by atoms with E-state index in [1.165, 1.54) is 12.0 Å². The molecule has 7 heteroatoms. The van der Waals surface area contributed by atoms with Crippen molar-refractivity contribution in [3.63, 3.8) is 0 Å². The Kier molecular flexibility index (Phi) is 5.87. The third kappa shape index (κ3) is 3.88. The Morgan fingerprint density at radius 3 is 2.46 bits per heavy atom. The van der Waals surface area contributed by atoms with Crippen LogP contribution in [-0.4, -0.2) is 30.3 Å². The number of carbonyl (C=O) groups is 2. The van der Waals surface area contributed by atoms with E-state index in [2.05, 4.69) is 22.6 Å². The van der Waals surface area contributed by atoms with E-state index in [9.17, 15) is 9.59 Å². The largest absolute Gasteiger partial charge is 0.493 e. The summed E-state index contributed by atoms with van der Waals surface area (Å²) in [5.41, 5.74) is 1.60. The van der Waals surface area contributed by atoms with Gasteiger partial charge in [0, 0.05) is 9.13 Å². The first-order valence-electron chi connectivity index (χ1n) is 7.74. The number of ether oxygens (including phenoxy) is 2. The molecule has 0 unspecified atom stereocenters. The van der Waals surface area contributed by atoms with Crippen molar-refractivity contribution in [2.45, 2.75) is 6.54 Å². The van der Waals surface area contributed by atoms with Gasteiger partial charge in [-0.15, -0.1) is 0 Å². The number of hydrogen-bond acceptors (Lipinski definition) is 5. The predicted octanol–water partition coefficient (Wildman–Crippen LogP) is 4.54. The van der Waals surface area contributed by atoms with Gasteiger partial charge in [0.25, 0.3) is 11.1 Å². The van der Waals surface area contributed by atoms with Gasteiger partial charge in [0.15, 0.2) is 11.5 Å². The average Bonchev–Trinajstić information content (AvgIpc) is 2.90. The zero-order valence-corrected chi connectivity index (χ0v) is 17.2. The molecule has 5 nitrogen and oxygen atoms in total. The van der Waals surface area contributed by atoms with Gasteiger partial charge in [-0.25, -0.2) is 0 Å². The number of hydrogen-bond donors (Lipinski definition) is 0. The van der Waals surface area contributed by atoms with Crippen LogP contribution in [0.5, 0.6) is 11.5 Å². The lowest BCUT2D eigenvalue weighted by Gasteiger charge is -2.12. The maximum atomic E-state index is 12.7. The highest BCUT2D eigenvalue weighted by Crippen LogP contribution is 2.37. The van der Waals surface area contributed by atoms with Crippen LogP contribution in [0.4, 0.5) is 4.79 Å². The number of para-hydroxylation sites is 1. The smallest absolute Gasteiger partial charge is 0.293 e. The Morgan fingerprint density at radius 1 is 1.08 bits per heavy atom. The fourth-order valence-corrected chi connectivity index (χ4v) is 3.76. The highest BCUT2D eigenvalue weighted by molar-refractivity contribution is 14.1. The molecule has 134 valence electrons. The summed E-state index contributed by atoms with van der Waals surface area (Å²) in [6, 6.07) is 13.1. The van der Waals surface area contributed by atoms with Crippen molar-refractivity contribution in [2.75, 3.05) is 14.2 Å². The molecule has 0 N–H and O–H groups in total. The Labute approximate surface area is 169 Å². The summed E-state index contributed by atoms with van der Waals surface area (Å²) in [7, 11) is 3.09. The lowest BCUT2D eigenvalue weighted by Crippen LogP contribution is -2.27. The van der Waals surface area contributed by atoms with Crippen molar-refractivity contribution in [3.8, 4) is 11.5 Å². The molecule has 2 aromatic rings. The van der Waals surface area contributed by atoms with Gasteiger partial charge in [0.1, 0.15) is 0 Å². The predicted molar refractivity (Wildman–Crippen MR) is 110 cm³/mol. The quantitative estimate of drug-likeness (QED) is 0.464. The monoisotopic (exact) mass is 481 g/mol. The van der Waals surface area contributed by atoms with Crippen molar-refractivity contribution in [1.82, 2.24) is 4.90 Å². The number of thioether (sulfide) groups is 1. The van der Waals surface area contributed by atoms with Gasteiger partial charge in [0.2, 0.25) is 0 Å². The number of benzene rings is 2. The second kappa shape index (κ2) is 8.13. The molecule has 1 heterocycles. The van der Waals surface area contributed by atoms with Crippen LogP contribution < -0.4 is 9.47 Å². The van der Waals surface area contributed by atoms with Crippen molar-refractivity contribution in [2.24, 2.45) is 0 Å². The molecule has 0 aliphatic carbocycles. The highest BCUT2D eigenvalue weighted by Gasteiger charge is 2.35. The molecule has 3 rings (SSSR count). The fourth-order valence-electron chi connectivity index (χ4n) is 2.58. The summed E-state index contributed by atoms with van der Waals surface area (Å²) in [4.78, 5) is 26.6. The van der Waals surface area contributed by atoms with Crippen molar-refractivity contribution in [3.05, 3.63) is 62.1 Å². The zero-order chi connectivity index (χ0) is 18.7. The lowest BCUT2D eigenvalue weighted by atomic mass is 10.1. The maximum absolute atomic E-state index is 12.7. The Bertz CT molecular complexity index is 880. The van der Waals surface area contributed by atoms with Crippen LogP contribution in [0.2, 0.25) is 0 Å². The SMILES string of the molecule is COc1cccc(/C=C2/SC(=O)N(Cc3ccc(I)cc3)C2=O)c1OC. The summed E-state index contributed by atoms with van der Waals surface area (Å²) < 4.78 is 11.8. The summed E-state index contributed by atoms with van der Waals surface area (Å²) in [6.07, 6.45) is 1.67. The van der Waals surface area contributed by atoms with Crippen molar-refractivity contribution in [1.29, 1.82) is 0 Å². The molecule has 0 aromatic heterocycles. The molecule has 0 saturated carbocycles. The van der Waals surface area contributed by atoms with Gasteiger partial charge in [-0.1, -0.05) is 24.3 Å². The van der Waals surface area contributed by atoms with E-state index in [4.69, 9.17) is 9.47 Å². The van der Waals surface area contributed by atoms with E-state index < -0.39 is 0 Å². The molecule has 1 aliphatic heterocycles. The van der Waals surface area contributed by atoms with Crippen LogP contribution in [0.25, 0.3) is 6.08 Å². The molecule has 1 aliphatic rings. The van der Waals surface area contributed by atoms with Gasteiger partial charge in [0.05, 0.1) is 25.7 Å². The van der Waals surface area contributed by atoms with Crippen LogP contribution in [0, 0.1) is 3.57 Å². The second-order valence-corrected chi connectivity index (χ2v) is 7.72. The van der Waals surface area contributed by atoms with E-state index in [0.29, 0.717) is 22.0 Å². The van der Waals surface area contributed by atoms with Crippen LogP contribution >= 0.6 is 34.4 Å². The van der Waals surface area contributed by atoms with Crippen molar-refractivity contribution >= 4 is 51.6 Å². The Morgan fingerprint density at radius 2 is 1.81 bits per heavy atom. The maximum Gasteiger partial charge on any atom is 0.293 e. The first kappa shape index (κ1) is 18.8. The normalized spacial score (nSPS) is 15.7. The fraction of sp³-hybridized carbons (Fsp3) is 0.158. The topological polar surface area (TPSA) is 55.8 Å². The molecular formula is C19H16INO4S. The minimum atomic E-state index is -0.302. The summed E-state index contributed by atoms with van der Waals surface area (Å²) in [5.74, 6) is 0.794. The summed E-state index contributed by atoms with van der Waals surface area (Å²) in [5, 5.41) is -0.276. The third-order valence-electron chi connectivity index (χ3n) is 3.85. The van der Waals surface area contributed by atoms with E-state index >= 15 is 0 Å². The molecule has 1 saturated heterocycles. The average molecular weight is 481 g/mol. The van der Waals surface area contributed by atoms with Gasteiger partial charge in [-0.05, 0) is 64.2 Å². The Hall–Kier alpha value is -2.00. The number of amides is 2. The van der Waals surface area contributed by atoms with Crippen LogP contribution in [0.15, 0.2) is 47.4 Å². The number of methoxy groups -OCH3 is 2.